The summed E-state index contributed by atoms with van der Waals surface area (Å²) in [6.07, 6.45) is 0.116. The second-order valence-electron chi connectivity index (χ2n) is 6.59. The van der Waals surface area contributed by atoms with Crippen molar-refractivity contribution in [1.29, 1.82) is 0 Å². The number of hydrogen-bond acceptors (Lipinski definition) is 5. The number of methoxy groups -OCH3 is 3. The number of rotatable bonds is 7. The van der Waals surface area contributed by atoms with Crippen molar-refractivity contribution in [1.82, 2.24) is 5.32 Å². The molecule has 3 rings (SSSR count). The molecule has 7 nitrogen and oxygen atoms in total. The number of ether oxygens (including phenoxy) is 3. The molecule has 2 amide bonds. The van der Waals surface area contributed by atoms with Gasteiger partial charge in [-0.15, -0.1) is 0 Å². The summed E-state index contributed by atoms with van der Waals surface area (Å²) in [5.41, 5.74) is 1.39. The molecule has 0 aromatic heterocycles. The summed E-state index contributed by atoms with van der Waals surface area (Å²) >= 11 is 6.22. The van der Waals surface area contributed by atoms with Crippen LogP contribution in [0.3, 0.4) is 0 Å². The fraction of sp³-hybridized carbons (Fsp3) is 0.333. The molecule has 0 aliphatic carbocycles. The highest BCUT2D eigenvalue weighted by molar-refractivity contribution is 6.32. The normalized spacial score (nSPS) is 15.9. The van der Waals surface area contributed by atoms with Crippen LogP contribution in [0.25, 0.3) is 0 Å². The second-order valence-corrected chi connectivity index (χ2v) is 7.00. The lowest BCUT2D eigenvalue weighted by atomic mass is 10.1. The first-order valence-electron chi connectivity index (χ1n) is 9.10. The van der Waals surface area contributed by atoms with Gasteiger partial charge in [-0.3, -0.25) is 9.59 Å². The highest BCUT2D eigenvalue weighted by Crippen LogP contribution is 2.40. The molecule has 0 unspecified atom stereocenters. The smallest absolute Gasteiger partial charge is 0.227 e. The summed E-state index contributed by atoms with van der Waals surface area (Å²) in [7, 11) is 4.59. The lowest BCUT2D eigenvalue weighted by molar-refractivity contribution is -0.126. The van der Waals surface area contributed by atoms with Gasteiger partial charge in [-0.25, -0.2) is 0 Å². The Morgan fingerprint density at radius 1 is 1.10 bits per heavy atom. The van der Waals surface area contributed by atoms with Crippen molar-refractivity contribution >= 4 is 29.1 Å². The zero-order valence-electron chi connectivity index (χ0n) is 16.5. The average Bonchev–Trinajstić information content (AvgIpc) is 3.13. The van der Waals surface area contributed by atoms with E-state index in [1.54, 1.807) is 19.2 Å². The molecule has 1 atom stereocenters. The summed E-state index contributed by atoms with van der Waals surface area (Å²) < 4.78 is 15.9. The maximum atomic E-state index is 12.7. The van der Waals surface area contributed by atoms with Gasteiger partial charge in [0.25, 0.3) is 0 Å². The monoisotopic (exact) mass is 418 g/mol. The Labute approximate surface area is 174 Å². The van der Waals surface area contributed by atoms with Gasteiger partial charge in [0.2, 0.25) is 11.8 Å². The van der Waals surface area contributed by atoms with Crippen molar-refractivity contribution in [2.24, 2.45) is 5.92 Å². The summed E-state index contributed by atoms with van der Waals surface area (Å²) in [5, 5.41) is 3.25. The molecule has 1 aliphatic rings. The van der Waals surface area contributed by atoms with Crippen molar-refractivity contribution in [3.05, 3.63) is 47.0 Å². The average molecular weight is 419 g/mol. The van der Waals surface area contributed by atoms with E-state index >= 15 is 0 Å². The predicted molar refractivity (Wildman–Crippen MR) is 110 cm³/mol. The molecule has 1 fully saturated rings. The minimum Gasteiger partial charge on any atom is -0.496 e. The molecule has 0 saturated carbocycles. The SMILES string of the molecule is COc1cc(OC)c(N2C[C@H](C(=O)NCc3ccccc3OC)CC2=O)cc1Cl. The van der Waals surface area contributed by atoms with Crippen LogP contribution in [-0.2, 0) is 16.1 Å². The van der Waals surface area contributed by atoms with Gasteiger partial charge >= 0.3 is 0 Å². The van der Waals surface area contributed by atoms with Gasteiger partial charge < -0.3 is 24.4 Å². The van der Waals surface area contributed by atoms with Crippen molar-refractivity contribution in [3.8, 4) is 17.2 Å². The predicted octanol–water partition coefficient (Wildman–Crippen LogP) is 3.04. The van der Waals surface area contributed by atoms with Crippen molar-refractivity contribution in [2.75, 3.05) is 32.8 Å². The first-order valence-corrected chi connectivity index (χ1v) is 9.47. The number of benzene rings is 2. The van der Waals surface area contributed by atoms with E-state index < -0.39 is 5.92 Å². The van der Waals surface area contributed by atoms with Gasteiger partial charge in [-0.2, -0.15) is 0 Å². The highest BCUT2D eigenvalue weighted by atomic mass is 35.5. The molecule has 29 heavy (non-hydrogen) atoms. The maximum Gasteiger partial charge on any atom is 0.227 e. The first kappa shape index (κ1) is 20.8. The van der Waals surface area contributed by atoms with E-state index in [-0.39, 0.29) is 24.8 Å². The van der Waals surface area contributed by atoms with Gasteiger partial charge in [-0.05, 0) is 12.1 Å². The fourth-order valence-electron chi connectivity index (χ4n) is 3.35. The summed E-state index contributed by atoms with van der Waals surface area (Å²) in [6.45, 7) is 0.570. The van der Waals surface area contributed by atoms with Crippen LogP contribution in [0.5, 0.6) is 17.2 Å². The standard InChI is InChI=1S/C21H23ClN2O5/c1-27-17-7-5-4-6-13(17)11-23-21(26)14-8-20(25)24(12-14)16-9-15(22)18(28-2)10-19(16)29-3/h4-7,9-10,14H,8,11-12H2,1-3H3,(H,23,26)/t14-/m1/s1. The van der Waals surface area contributed by atoms with E-state index in [2.05, 4.69) is 5.32 Å². The van der Waals surface area contributed by atoms with Crippen LogP contribution in [0.4, 0.5) is 5.69 Å². The van der Waals surface area contributed by atoms with Crippen molar-refractivity contribution < 1.29 is 23.8 Å². The topological polar surface area (TPSA) is 77.1 Å². The molecule has 1 N–H and O–H groups in total. The van der Waals surface area contributed by atoms with E-state index in [1.807, 2.05) is 24.3 Å². The Balaban J connectivity index is 1.71. The number of carbonyl (C=O) groups is 2. The highest BCUT2D eigenvalue weighted by Gasteiger charge is 2.36. The van der Waals surface area contributed by atoms with E-state index in [4.69, 9.17) is 25.8 Å². The molecule has 0 spiro atoms. The van der Waals surface area contributed by atoms with Crippen LogP contribution in [0.1, 0.15) is 12.0 Å². The fourth-order valence-corrected chi connectivity index (χ4v) is 3.58. The van der Waals surface area contributed by atoms with Crippen LogP contribution < -0.4 is 24.4 Å². The third-order valence-electron chi connectivity index (χ3n) is 4.89. The molecule has 1 saturated heterocycles. The number of nitrogens with one attached hydrogen (secondary N) is 1. The number of carbonyl (C=O) groups excluding carboxylic acids is 2. The van der Waals surface area contributed by atoms with Gasteiger partial charge in [0, 0.05) is 31.1 Å². The minimum absolute atomic E-state index is 0.116. The molecule has 0 radical (unpaired) electrons. The number of nitrogens with zero attached hydrogens (tertiary/aromatic N) is 1. The molecular formula is C21H23ClN2O5. The summed E-state index contributed by atoms with van der Waals surface area (Å²) in [5.74, 6) is 0.782. The number of halogens is 1. The van der Waals surface area contributed by atoms with E-state index in [0.717, 1.165) is 5.56 Å². The van der Waals surface area contributed by atoms with Crippen LogP contribution in [0.2, 0.25) is 5.02 Å². The van der Waals surface area contributed by atoms with Gasteiger partial charge in [-0.1, -0.05) is 29.8 Å². The quantitative estimate of drug-likeness (QED) is 0.747. The Kier molecular flexibility index (Phi) is 6.49. The number of hydrogen-bond donors (Lipinski definition) is 1. The molecule has 8 heteroatoms. The van der Waals surface area contributed by atoms with E-state index in [1.165, 1.54) is 19.1 Å². The van der Waals surface area contributed by atoms with Crippen molar-refractivity contribution in [3.63, 3.8) is 0 Å². The van der Waals surface area contributed by atoms with Crippen LogP contribution in [-0.4, -0.2) is 39.7 Å². The molecular weight excluding hydrogens is 396 g/mol. The zero-order valence-corrected chi connectivity index (χ0v) is 17.3. The molecule has 154 valence electrons. The van der Waals surface area contributed by atoms with Gasteiger partial charge in [0.1, 0.15) is 17.2 Å². The Bertz CT molecular complexity index is 918. The van der Waals surface area contributed by atoms with Crippen LogP contribution >= 0.6 is 11.6 Å². The Morgan fingerprint density at radius 2 is 1.79 bits per heavy atom. The van der Waals surface area contributed by atoms with Crippen molar-refractivity contribution in [2.45, 2.75) is 13.0 Å². The first-order chi connectivity index (χ1) is 14.0. The van der Waals surface area contributed by atoms with E-state index in [9.17, 15) is 9.59 Å². The Morgan fingerprint density at radius 3 is 2.48 bits per heavy atom. The third-order valence-corrected chi connectivity index (χ3v) is 5.18. The maximum absolute atomic E-state index is 12.7. The van der Waals surface area contributed by atoms with Gasteiger partial charge in [0.15, 0.2) is 0 Å². The minimum atomic E-state index is -0.470. The number of para-hydroxylation sites is 1. The largest absolute Gasteiger partial charge is 0.496 e. The molecule has 1 aliphatic heterocycles. The lowest BCUT2D eigenvalue weighted by Crippen LogP contribution is -2.32. The third kappa shape index (κ3) is 4.40. The van der Waals surface area contributed by atoms with Crippen LogP contribution in [0, 0.1) is 5.92 Å². The number of amides is 2. The van der Waals surface area contributed by atoms with E-state index in [0.29, 0.717) is 34.5 Å². The molecule has 0 bridgehead atoms. The van der Waals surface area contributed by atoms with Crippen LogP contribution in [0.15, 0.2) is 36.4 Å². The molecule has 2 aromatic carbocycles. The lowest BCUT2D eigenvalue weighted by Gasteiger charge is -2.21. The summed E-state index contributed by atoms with van der Waals surface area (Å²) in [4.78, 5) is 26.8. The molecule has 2 aromatic rings. The zero-order chi connectivity index (χ0) is 21.0. The number of anilines is 1. The Hall–Kier alpha value is -2.93. The van der Waals surface area contributed by atoms with Gasteiger partial charge in [0.05, 0.1) is 38.0 Å². The summed E-state index contributed by atoms with van der Waals surface area (Å²) in [6, 6.07) is 10.7. The second kappa shape index (κ2) is 9.05. The molecule has 1 heterocycles.